The van der Waals surface area contributed by atoms with Crippen LogP contribution >= 0.6 is 0 Å². The molecular weight excluding hydrogens is 268 g/mol. The Kier molecular flexibility index (Phi) is 3.27. The van der Waals surface area contributed by atoms with E-state index in [9.17, 15) is 4.79 Å². The average molecular weight is 282 g/mol. The molecule has 0 saturated carbocycles. The molecule has 0 atom stereocenters. The highest BCUT2D eigenvalue weighted by Crippen LogP contribution is 2.18. The standard InChI is InChI=1S/C15H14N4O2/c1-9-8-12(21-2)18-15(17-9)19-14(20)11-5-3-4-10-6-7-16-13(10)11/h3-8,16H,1-2H3,(H,17,18,19,20). The van der Waals surface area contributed by atoms with Gasteiger partial charge in [0.1, 0.15) is 0 Å². The number of para-hydroxylation sites is 1. The van der Waals surface area contributed by atoms with Gasteiger partial charge in [-0.15, -0.1) is 0 Å². The number of hydrogen-bond acceptors (Lipinski definition) is 4. The minimum absolute atomic E-state index is 0.223. The van der Waals surface area contributed by atoms with E-state index in [2.05, 4.69) is 20.3 Å². The first kappa shape index (κ1) is 13.1. The van der Waals surface area contributed by atoms with Crippen LogP contribution in [0.2, 0.25) is 0 Å². The van der Waals surface area contributed by atoms with Crippen molar-refractivity contribution in [2.75, 3.05) is 12.4 Å². The van der Waals surface area contributed by atoms with Gasteiger partial charge in [-0.2, -0.15) is 4.98 Å². The van der Waals surface area contributed by atoms with Crippen molar-refractivity contribution in [3.63, 3.8) is 0 Å². The number of benzene rings is 1. The van der Waals surface area contributed by atoms with Gasteiger partial charge < -0.3 is 9.72 Å². The highest BCUT2D eigenvalue weighted by molar-refractivity contribution is 6.11. The zero-order valence-corrected chi connectivity index (χ0v) is 11.7. The maximum atomic E-state index is 12.4. The van der Waals surface area contributed by atoms with Crippen molar-refractivity contribution in [3.05, 3.63) is 47.8 Å². The van der Waals surface area contributed by atoms with Crippen LogP contribution in [-0.2, 0) is 0 Å². The van der Waals surface area contributed by atoms with Crippen molar-refractivity contribution >= 4 is 22.8 Å². The molecule has 0 aliphatic heterocycles. The summed E-state index contributed by atoms with van der Waals surface area (Å²) < 4.78 is 5.07. The van der Waals surface area contributed by atoms with Gasteiger partial charge in [-0.1, -0.05) is 12.1 Å². The third-order valence-corrected chi connectivity index (χ3v) is 3.10. The molecule has 0 bridgehead atoms. The molecule has 0 fully saturated rings. The highest BCUT2D eigenvalue weighted by Gasteiger charge is 2.13. The number of carbonyl (C=O) groups is 1. The predicted molar refractivity (Wildman–Crippen MR) is 79.6 cm³/mol. The van der Waals surface area contributed by atoms with Crippen LogP contribution in [0.25, 0.3) is 10.9 Å². The van der Waals surface area contributed by atoms with E-state index in [4.69, 9.17) is 4.74 Å². The molecule has 2 aromatic heterocycles. The van der Waals surface area contributed by atoms with Crippen molar-refractivity contribution in [2.24, 2.45) is 0 Å². The fraction of sp³-hybridized carbons (Fsp3) is 0.133. The Bertz CT molecular complexity index is 810. The SMILES string of the molecule is COc1cc(C)nc(NC(=O)c2cccc3cc[nH]c23)n1. The number of amides is 1. The monoisotopic (exact) mass is 282 g/mol. The van der Waals surface area contributed by atoms with Crippen molar-refractivity contribution in [2.45, 2.75) is 6.92 Å². The topological polar surface area (TPSA) is 79.9 Å². The number of aromatic nitrogens is 3. The lowest BCUT2D eigenvalue weighted by atomic mass is 10.1. The molecule has 2 N–H and O–H groups in total. The van der Waals surface area contributed by atoms with E-state index >= 15 is 0 Å². The lowest BCUT2D eigenvalue weighted by molar-refractivity contribution is 0.102. The molecule has 21 heavy (non-hydrogen) atoms. The molecule has 6 nitrogen and oxygen atoms in total. The number of aryl methyl sites for hydroxylation is 1. The number of ether oxygens (including phenoxy) is 1. The van der Waals surface area contributed by atoms with Crippen LogP contribution in [0.15, 0.2) is 36.5 Å². The van der Waals surface area contributed by atoms with E-state index in [-0.39, 0.29) is 11.9 Å². The molecule has 0 spiro atoms. The quantitative estimate of drug-likeness (QED) is 0.773. The van der Waals surface area contributed by atoms with E-state index in [1.165, 1.54) is 7.11 Å². The van der Waals surface area contributed by atoms with Gasteiger partial charge in [0.15, 0.2) is 0 Å². The minimum Gasteiger partial charge on any atom is -0.481 e. The number of nitrogens with zero attached hydrogens (tertiary/aromatic N) is 2. The third kappa shape index (κ3) is 2.55. The number of carbonyl (C=O) groups excluding carboxylic acids is 1. The molecule has 1 aromatic carbocycles. The van der Waals surface area contributed by atoms with Crippen molar-refractivity contribution in [1.29, 1.82) is 0 Å². The molecule has 3 aromatic rings. The van der Waals surface area contributed by atoms with Crippen LogP contribution in [-0.4, -0.2) is 28.0 Å². The number of anilines is 1. The van der Waals surface area contributed by atoms with Gasteiger partial charge in [-0.25, -0.2) is 4.98 Å². The number of hydrogen-bond donors (Lipinski definition) is 2. The van der Waals surface area contributed by atoms with Gasteiger partial charge in [0, 0.05) is 23.3 Å². The van der Waals surface area contributed by atoms with E-state index in [1.54, 1.807) is 18.3 Å². The van der Waals surface area contributed by atoms with Crippen LogP contribution in [0.3, 0.4) is 0 Å². The number of nitrogens with one attached hydrogen (secondary N) is 2. The van der Waals surface area contributed by atoms with Crippen LogP contribution in [0.5, 0.6) is 5.88 Å². The Morgan fingerprint density at radius 2 is 2.14 bits per heavy atom. The van der Waals surface area contributed by atoms with Crippen LogP contribution < -0.4 is 10.1 Å². The van der Waals surface area contributed by atoms with Crippen LogP contribution in [0.4, 0.5) is 5.95 Å². The summed E-state index contributed by atoms with van der Waals surface area (Å²) in [4.78, 5) is 23.7. The Balaban J connectivity index is 1.93. The first-order chi connectivity index (χ1) is 10.2. The van der Waals surface area contributed by atoms with Gasteiger partial charge in [0.25, 0.3) is 5.91 Å². The fourth-order valence-corrected chi connectivity index (χ4v) is 2.14. The minimum atomic E-state index is -0.268. The summed E-state index contributed by atoms with van der Waals surface area (Å²) in [7, 11) is 1.52. The molecule has 3 rings (SSSR count). The lowest BCUT2D eigenvalue weighted by Gasteiger charge is -2.07. The lowest BCUT2D eigenvalue weighted by Crippen LogP contribution is -2.15. The van der Waals surface area contributed by atoms with E-state index in [0.29, 0.717) is 11.4 Å². The second kappa shape index (κ2) is 5.24. The maximum absolute atomic E-state index is 12.4. The first-order valence-electron chi connectivity index (χ1n) is 6.44. The number of methoxy groups -OCH3 is 1. The molecule has 106 valence electrons. The summed E-state index contributed by atoms with van der Waals surface area (Å²) in [5.74, 6) is 0.368. The van der Waals surface area contributed by atoms with Crippen molar-refractivity contribution in [1.82, 2.24) is 15.0 Å². The Hall–Kier alpha value is -2.89. The summed E-state index contributed by atoms with van der Waals surface area (Å²) in [6.07, 6.45) is 1.80. The summed E-state index contributed by atoms with van der Waals surface area (Å²) in [6, 6.07) is 9.14. The Morgan fingerprint density at radius 1 is 1.29 bits per heavy atom. The van der Waals surface area contributed by atoms with E-state index in [0.717, 1.165) is 16.6 Å². The average Bonchev–Trinajstić information content (AvgIpc) is 2.94. The molecule has 0 unspecified atom stereocenters. The van der Waals surface area contributed by atoms with Gasteiger partial charge in [-0.3, -0.25) is 10.1 Å². The van der Waals surface area contributed by atoms with Crippen molar-refractivity contribution in [3.8, 4) is 5.88 Å². The van der Waals surface area contributed by atoms with Gasteiger partial charge in [0.05, 0.1) is 18.2 Å². The predicted octanol–water partition coefficient (Wildman–Crippen LogP) is 2.53. The Morgan fingerprint density at radius 3 is 2.95 bits per heavy atom. The van der Waals surface area contributed by atoms with E-state index in [1.807, 2.05) is 25.1 Å². The van der Waals surface area contributed by atoms with Gasteiger partial charge >= 0.3 is 0 Å². The molecule has 2 heterocycles. The normalized spacial score (nSPS) is 10.6. The van der Waals surface area contributed by atoms with Gasteiger partial charge in [-0.05, 0) is 19.1 Å². The first-order valence-corrected chi connectivity index (χ1v) is 6.44. The smallest absolute Gasteiger partial charge is 0.260 e. The molecule has 0 aliphatic rings. The number of rotatable bonds is 3. The van der Waals surface area contributed by atoms with Crippen molar-refractivity contribution < 1.29 is 9.53 Å². The van der Waals surface area contributed by atoms with E-state index < -0.39 is 0 Å². The Labute approximate surface area is 121 Å². The van der Waals surface area contributed by atoms with Crippen LogP contribution in [0.1, 0.15) is 16.1 Å². The largest absolute Gasteiger partial charge is 0.481 e. The maximum Gasteiger partial charge on any atom is 0.260 e. The number of aromatic amines is 1. The fourth-order valence-electron chi connectivity index (χ4n) is 2.14. The molecule has 1 amide bonds. The number of fused-ring (bicyclic) bond motifs is 1. The summed E-state index contributed by atoms with van der Waals surface area (Å²) >= 11 is 0. The third-order valence-electron chi connectivity index (χ3n) is 3.10. The summed E-state index contributed by atoms with van der Waals surface area (Å²) in [5.41, 5.74) is 2.05. The second-order valence-electron chi connectivity index (χ2n) is 4.58. The summed E-state index contributed by atoms with van der Waals surface area (Å²) in [6.45, 7) is 1.81. The van der Waals surface area contributed by atoms with Gasteiger partial charge in [0.2, 0.25) is 11.8 Å². The molecule has 0 aliphatic carbocycles. The second-order valence-corrected chi connectivity index (χ2v) is 4.58. The zero-order valence-electron chi connectivity index (χ0n) is 11.7. The zero-order chi connectivity index (χ0) is 14.8. The molecular formula is C15H14N4O2. The number of H-pyrrole nitrogens is 1. The molecule has 0 saturated heterocycles. The molecule has 6 heteroatoms. The summed E-state index contributed by atoms with van der Waals surface area (Å²) in [5, 5.41) is 3.67. The van der Waals surface area contributed by atoms with Crippen LogP contribution in [0, 0.1) is 6.92 Å². The molecule has 0 radical (unpaired) electrons. The highest BCUT2D eigenvalue weighted by atomic mass is 16.5.